The van der Waals surface area contributed by atoms with Gasteiger partial charge in [-0.2, -0.15) is 5.10 Å². The van der Waals surface area contributed by atoms with Crippen molar-refractivity contribution in [3.8, 4) is 0 Å². The van der Waals surface area contributed by atoms with E-state index in [9.17, 15) is 0 Å². The fourth-order valence-electron chi connectivity index (χ4n) is 2.12. The van der Waals surface area contributed by atoms with E-state index in [1.165, 1.54) is 11.3 Å². The second-order valence-corrected chi connectivity index (χ2v) is 5.38. The lowest BCUT2D eigenvalue weighted by molar-refractivity contribution is 0.603. The molecule has 1 aromatic heterocycles. The first-order valence-electron chi connectivity index (χ1n) is 6.13. The Hall–Kier alpha value is -1.13. The first kappa shape index (κ1) is 13.3. The van der Waals surface area contributed by atoms with Gasteiger partial charge < -0.3 is 5.73 Å². The molecule has 2 aromatic rings. The van der Waals surface area contributed by atoms with E-state index in [0.717, 1.165) is 17.3 Å². The summed E-state index contributed by atoms with van der Waals surface area (Å²) >= 11 is 3.45. The lowest BCUT2D eigenvalue weighted by Crippen LogP contribution is -2.14. The second-order valence-electron chi connectivity index (χ2n) is 4.47. The third-order valence-corrected chi connectivity index (χ3v) is 3.83. The van der Waals surface area contributed by atoms with Gasteiger partial charge in [-0.1, -0.05) is 28.1 Å². The molecule has 1 atom stereocenters. The van der Waals surface area contributed by atoms with Gasteiger partial charge in [0, 0.05) is 23.4 Å². The summed E-state index contributed by atoms with van der Waals surface area (Å²) in [7, 11) is 1.98. The topological polar surface area (TPSA) is 43.8 Å². The number of hydrogen-bond donors (Lipinski definition) is 1. The summed E-state index contributed by atoms with van der Waals surface area (Å²) in [5, 5.41) is 4.18. The van der Waals surface area contributed by atoms with Crippen molar-refractivity contribution < 1.29 is 0 Å². The standard InChI is InChI=1S/C14H18BrN3/c1-18-14(8-9-17-18)7-4-12(10-16)11-2-5-13(15)6-3-11/h2-3,5-6,8-9,12H,4,7,10,16H2,1H3. The molecule has 2 N–H and O–H groups in total. The van der Waals surface area contributed by atoms with Crippen molar-refractivity contribution in [2.45, 2.75) is 18.8 Å². The molecule has 0 fully saturated rings. The van der Waals surface area contributed by atoms with Gasteiger partial charge in [0.05, 0.1) is 0 Å². The van der Waals surface area contributed by atoms with Gasteiger partial charge in [0.25, 0.3) is 0 Å². The average Bonchev–Trinajstić information content (AvgIpc) is 2.78. The summed E-state index contributed by atoms with van der Waals surface area (Å²) in [6.45, 7) is 0.680. The van der Waals surface area contributed by atoms with Crippen LogP contribution in [0.4, 0.5) is 0 Å². The monoisotopic (exact) mass is 307 g/mol. The number of nitrogens with zero attached hydrogens (tertiary/aromatic N) is 2. The van der Waals surface area contributed by atoms with Crippen molar-refractivity contribution in [1.82, 2.24) is 9.78 Å². The summed E-state index contributed by atoms with van der Waals surface area (Å²) in [6, 6.07) is 10.5. The minimum atomic E-state index is 0.410. The molecule has 0 aliphatic rings. The van der Waals surface area contributed by atoms with Gasteiger partial charge in [-0.25, -0.2) is 0 Å². The number of nitrogens with two attached hydrogens (primary N) is 1. The molecule has 96 valence electrons. The molecule has 0 radical (unpaired) electrons. The van der Waals surface area contributed by atoms with Crippen LogP contribution >= 0.6 is 15.9 Å². The van der Waals surface area contributed by atoms with Gasteiger partial charge in [-0.15, -0.1) is 0 Å². The summed E-state index contributed by atoms with van der Waals surface area (Å²) in [4.78, 5) is 0. The van der Waals surface area contributed by atoms with Gasteiger partial charge >= 0.3 is 0 Å². The van der Waals surface area contributed by atoms with E-state index >= 15 is 0 Å². The van der Waals surface area contributed by atoms with Crippen LogP contribution in [0.5, 0.6) is 0 Å². The number of halogens is 1. The highest BCUT2D eigenvalue weighted by molar-refractivity contribution is 9.10. The maximum atomic E-state index is 5.89. The smallest absolute Gasteiger partial charge is 0.0492 e. The first-order valence-corrected chi connectivity index (χ1v) is 6.92. The van der Waals surface area contributed by atoms with Gasteiger partial charge in [0.1, 0.15) is 0 Å². The van der Waals surface area contributed by atoms with Crippen molar-refractivity contribution in [2.24, 2.45) is 12.8 Å². The van der Waals surface area contributed by atoms with E-state index in [2.05, 4.69) is 51.4 Å². The molecule has 0 saturated carbocycles. The van der Waals surface area contributed by atoms with Crippen molar-refractivity contribution in [2.75, 3.05) is 6.54 Å². The zero-order valence-corrected chi connectivity index (χ0v) is 12.1. The Morgan fingerprint density at radius 1 is 1.28 bits per heavy atom. The summed E-state index contributed by atoms with van der Waals surface area (Å²) in [5.74, 6) is 0.410. The lowest BCUT2D eigenvalue weighted by atomic mass is 9.94. The predicted molar refractivity (Wildman–Crippen MR) is 77.5 cm³/mol. The molecule has 0 spiro atoms. The third kappa shape index (κ3) is 3.21. The van der Waals surface area contributed by atoms with Gasteiger partial charge in [0.15, 0.2) is 0 Å². The molecule has 0 aliphatic carbocycles. The summed E-state index contributed by atoms with van der Waals surface area (Å²) < 4.78 is 3.03. The van der Waals surface area contributed by atoms with E-state index in [-0.39, 0.29) is 0 Å². The van der Waals surface area contributed by atoms with Crippen LogP contribution < -0.4 is 5.73 Å². The normalized spacial score (nSPS) is 12.6. The largest absolute Gasteiger partial charge is 0.330 e. The zero-order valence-electron chi connectivity index (χ0n) is 10.5. The van der Waals surface area contributed by atoms with Crippen molar-refractivity contribution in [1.29, 1.82) is 0 Å². The summed E-state index contributed by atoms with van der Waals surface area (Å²) in [5.41, 5.74) is 8.45. The van der Waals surface area contributed by atoms with Crippen LogP contribution in [-0.4, -0.2) is 16.3 Å². The van der Waals surface area contributed by atoms with E-state index < -0.39 is 0 Å². The number of aryl methyl sites for hydroxylation is 2. The van der Waals surface area contributed by atoms with Crippen LogP contribution in [0.25, 0.3) is 0 Å². The average molecular weight is 308 g/mol. The van der Waals surface area contributed by atoms with Crippen LogP contribution in [0.1, 0.15) is 23.6 Å². The molecule has 0 amide bonds. The Morgan fingerprint density at radius 2 is 2.00 bits per heavy atom. The minimum absolute atomic E-state index is 0.410. The SMILES string of the molecule is Cn1nccc1CCC(CN)c1ccc(Br)cc1. The quantitative estimate of drug-likeness (QED) is 0.923. The Balaban J connectivity index is 2.01. The van der Waals surface area contributed by atoms with E-state index in [1.54, 1.807) is 0 Å². The first-order chi connectivity index (χ1) is 8.70. The Kier molecular flexibility index (Phi) is 4.55. The van der Waals surface area contributed by atoms with Crippen LogP contribution in [0.3, 0.4) is 0 Å². The van der Waals surface area contributed by atoms with Crippen molar-refractivity contribution in [3.63, 3.8) is 0 Å². The Labute approximate surface area is 116 Å². The maximum Gasteiger partial charge on any atom is 0.0492 e. The Morgan fingerprint density at radius 3 is 2.56 bits per heavy atom. The van der Waals surface area contributed by atoms with Crippen LogP contribution in [-0.2, 0) is 13.5 Å². The van der Waals surface area contributed by atoms with Gasteiger partial charge in [-0.05, 0) is 49.1 Å². The minimum Gasteiger partial charge on any atom is -0.330 e. The fraction of sp³-hybridized carbons (Fsp3) is 0.357. The number of aromatic nitrogens is 2. The van der Waals surface area contributed by atoms with E-state index in [1.807, 2.05) is 17.9 Å². The summed E-state index contributed by atoms with van der Waals surface area (Å²) in [6.07, 6.45) is 3.90. The van der Waals surface area contributed by atoms with Gasteiger partial charge in [-0.3, -0.25) is 4.68 Å². The van der Waals surface area contributed by atoms with Crippen LogP contribution in [0.2, 0.25) is 0 Å². The number of rotatable bonds is 5. The van der Waals surface area contributed by atoms with Gasteiger partial charge in [0.2, 0.25) is 0 Å². The zero-order chi connectivity index (χ0) is 13.0. The third-order valence-electron chi connectivity index (χ3n) is 3.30. The van der Waals surface area contributed by atoms with Crippen LogP contribution in [0, 0.1) is 0 Å². The molecule has 4 heteroatoms. The molecule has 0 aliphatic heterocycles. The molecule has 0 bridgehead atoms. The lowest BCUT2D eigenvalue weighted by Gasteiger charge is -2.15. The van der Waals surface area contributed by atoms with Crippen molar-refractivity contribution in [3.05, 3.63) is 52.3 Å². The Bertz CT molecular complexity index is 490. The van der Waals surface area contributed by atoms with E-state index in [0.29, 0.717) is 12.5 Å². The molecular formula is C14H18BrN3. The van der Waals surface area contributed by atoms with Crippen molar-refractivity contribution >= 4 is 15.9 Å². The second kappa shape index (κ2) is 6.16. The highest BCUT2D eigenvalue weighted by atomic mass is 79.9. The molecular weight excluding hydrogens is 290 g/mol. The van der Waals surface area contributed by atoms with E-state index in [4.69, 9.17) is 5.73 Å². The molecule has 1 heterocycles. The predicted octanol–water partition coefficient (Wildman–Crippen LogP) is 2.86. The molecule has 1 unspecified atom stereocenters. The molecule has 2 rings (SSSR count). The highest BCUT2D eigenvalue weighted by Crippen LogP contribution is 2.22. The molecule has 3 nitrogen and oxygen atoms in total. The number of benzene rings is 1. The molecule has 18 heavy (non-hydrogen) atoms. The van der Waals surface area contributed by atoms with Crippen LogP contribution in [0.15, 0.2) is 41.0 Å². The molecule has 0 saturated heterocycles. The molecule has 1 aromatic carbocycles. The fourth-order valence-corrected chi connectivity index (χ4v) is 2.39. The highest BCUT2D eigenvalue weighted by Gasteiger charge is 2.10. The maximum absolute atomic E-state index is 5.89. The number of hydrogen-bond acceptors (Lipinski definition) is 2.